The van der Waals surface area contributed by atoms with Gasteiger partial charge in [-0.3, -0.25) is 9.78 Å². The summed E-state index contributed by atoms with van der Waals surface area (Å²) in [5.74, 6) is -0.657. The van der Waals surface area contributed by atoms with Crippen LogP contribution in [0.25, 0.3) is 5.69 Å². The Balaban J connectivity index is 1.70. The van der Waals surface area contributed by atoms with Gasteiger partial charge in [-0.25, -0.2) is 4.79 Å². The highest BCUT2D eigenvalue weighted by atomic mass is 32.1. The van der Waals surface area contributed by atoms with Crippen LogP contribution in [0.4, 0.5) is 11.4 Å². The Hall–Kier alpha value is -4.70. The van der Waals surface area contributed by atoms with Crippen LogP contribution in [0.1, 0.15) is 57.6 Å². The number of thiocarbonyl (C=S) groups is 1. The molecule has 41 heavy (non-hydrogen) atoms. The van der Waals surface area contributed by atoms with Crippen LogP contribution in [0.2, 0.25) is 0 Å². The van der Waals surface area contributed by atoms with E-state index in [1.54, 1.807) is 31.5 Å². The first kappa shape index (κ1) is 27.9. The summed E-state index contributed by atoms with van der Waals surface area (Å²) in [7, 11) is 1.55. The molecule has 10 heteroatoms. The molecule has 1 aliphatic heterocycles. The lowest BCUT2D eigenvalue weighted by molar-refractivity contribution is -0.114. The molecule has 1 saturated heterocycles. The largest absolute Gasteiger partial charge is 0.495 e. The minimum Gasteiger partial charge on any atom is -0.495 e. The lowest BCUT2D eigenvalue weighted by Crippen LogP contribution is -2.29. The van der Waals surface area contributed by atoms with Crippen molar-refractivity contribution in [3.63, 3.8) is 0 Å². The van der Waals surface area contributed by atoms with Crippen LogP contribution in [0.15, 0.2) is 66.9 Å². The number of pyridine rings is 1. The third-order valence-electron chi connectivity index (χ3n) is 7.36. The van der Waals surface area contributed by atoms with Gasteiger partial charge in [0.05, 0.1) is 36.1 Å². The fourth-order valence-electron chi connectivity index (χ4n) is 5.52. The maximum atomic E-state index is 11.9. The number of methoxy groups -OCH3 is 1. The number of ether oxygens (including phenoxy) is 1. The Kier molecular flexibility index (Phi) is 7.51. The summed E-state index contributed by atoms with van der Waals surface area (Å²) in [5, 5.41) is 16.5. The third kappa shape index (κ3) is 5.14. The molecule has 5 rings (SSSR count). The van der Waals surface area contributed by atoms with Crippen molar-refractivity contribution in [2.75, 3.05) is 17.3 Å². The van der Waals surface area contributed by atoms with E-state index in [-0.39, 0.29) is 23.6 Å². The summed E-state index contributed by atoms with van der Waals surface area (Å²) in [4.78, 5) is 30.4. The number of nitrogens with one attached hydrogen (secondary N) is 2. The maximum Gasteiger partial charge on any atom is 0.335 e. The van der Waals surface area contributed by atoms with Gasteiger partial charge >= 0.3 is 5.97 Å². The van der Waals surface area contributed by atoms with E-state index in [0.717, 1.165) is 39.6 Å². The van der Waals surface area contributed by atoms with Crippen molar-refractivity contribution < 1.29 is 19.4 Å². The van der Waals surface area contributed by atoms with E-state index in [1.165, 1.54) is 6.92 Å². The van der Waals surface area contributed by atoms with Crippen molar-refractivity contribution in [2.45, 2.75) is 39.8 Å². The summed E-state index contributed by atoms with van der Waals surface area (Å²) >= 11 is 5.91. The van der Waals surface area contributed by atoms with Gasteiger partial charge in [-0.05, 0) is 92.6 Å². The zero-order chi connectivity index (χ0) is 29.4. The fraction of sp³-hybridized carbons (Fsp3) is 0.226. The minimum atomic E-state index is -0.977. The smallest absolute Gasteiger partial charge is 0.335 e. The summed E-state index contributed by atoms with van der Waals surface area (Å²) in [6.45, 7) is 7.45. The first-order chi connectivity index (χ1) is 19.6. The molecular formula is C31H31N5O4S. The standard InChI is InChI=1S/C31H31N5O4S/c1-17-9-10-21(30(38)39)15-26(17)35-18(2)14-23(19(35)3)29-28(24-8-6-7-13-32-24)34-31(41)36(29)22-11-12-27(40-5)25(16-22)33-20(4)37/h6-16,28-29H,1-5H3,(H,33,37)(H,34,41)(H,38,39)/t28-,29-/m1/s1. The zero-order valence-corrected chi connectivity index (χ0v) is 24.2. The van der Waals surface area contributed by atoms with Gasteiger partial charge in [0.1, 0.15) is 5.75 Å². The van der Waals surface area contributed by atoms with Crippen LogP contribution in [0.3, 0.4) is 0 Å². The van der Waals surface area contributed by atoms with E-state index < -0.39 is 5.97 Å². The number of aromatic nitrogens is 2. The van der Waals surface area contributed by atoms with Crippen LogP contribution in [-0.2, 0) is 4.79 Å². The monoisotopic (exact) mass is 569 g/mol. The molecule has 9 nitrogen and oxygen atoms in total. The molecule has 2 atom stereocenters. The molecule has 0 saturated carbocycles. The highest BCUT2D eigenvalue weighted by Crippen LogP contribution is 2.45. The number of benzene rings is 2. The van der Waals surface area contributed by atoms with Crippen LogP contribution in [0, 0.1) is 20.8 Å². The molecule has 3 heterocycles. The topological polar surface area (TPSA) is 109 Å². The summed E-state index contributed by atoms with van der Waals surface area (Å²) in [6.07, 6.45) is 1.76. The number of aromatic carboxylic acids is 1. The molecule has 1 aliphatic rings. The van der Waals surface area contributed by atoms with Crippen molar-refractivity contribution in [2.24, 2.45) is 0 Å². The number of amides is 1. The van der Waals surface area contributed by atoms with E-state index in [1.807, 2.05) is 62.1 Å². The molecular weight excluding hydrogens is 538 g/mol. The Morgan fingerprint density at radius 3 is 2.51 bits per heavy atom. The molecule has 0 spiro atoms. The molecule has 1 amide bonds. The lowest BCUT2D eigenvalue weighted by atomic mass is 9.96. The molecule has 2 aromatic carbocycles. The van der Waals surface area contributed by atoms with Crippen LogP contribution >= 0.6 is 12.2 Å². The number of carbonyl (C=O) groups is 2. The van der Waals surface area contributed by atoms with Gasteiger partial charge in [0.25, 0.3) is 0 Å². The molecule has 3 N–H and O–H groups in total. The van der Waals surface area contributed by atoms with Crippen LogP contribution < -0.4 is 20.3 Å². The van der Waals surface area contributed by atoms with Crippen molar-refractivity contribution in [3.8, 4) is 11.4 Å². The normalized spacial score (nSPS) is 16.4. The second kappa shape index (κ2) is 11.1. The number of aryl methyl sites for hydroxylation is 2. The first-order valence-corrected chi connectivity index (χ1v) is 13.5. The quantitative estimate of drug-likeness (QED) is 0.246. The number of carboxylic acid groups (broad SMARTS) is 1. The molecule has 0 aliphatic carbocycles. The second-order valence-corrected chi connectivity index (χ2v) is 10.4. The van der Waals surface area contributed by atoms with Crippen LogP contribution in [0.5, 0.6) is 5.75 Å². The average molecular weight is 570 g/mol. The predicted octanol–water partition coefficient (Wildman–Crippen LogP) is 5.64. The zero-order valence-electron chi connectivity index (χ0n) is 23.4. The molecule has 2 aromatic heterocycles. The van der Waals surface area contributed by atoms with Crippen LogP contribution in [-0.4, -0.2) is 38.8 Å². The lowest BCUT2D eigenvalue weighted by Gasteiger charge is -2.29. The number of carbonyl (C=O) groups excluding carboxylic acids is 1. The number of hydrogen-bond donors (Lipinski definition) is 3. The van der Waals surface area contributed by atoms with Crippen molar-refractivity contribution >= 4 is 40.6 Å². The number of carboxylic acids is 1. The van der Waals surface area contributed by atoms with Gasteiger partial charge in [0.15, 0.2) is 5.11 Å². The number of nitrogens with zero attached hydrogens (tertiary/aromatic N) is 3. The molecule has 4 aromatic rings. The number of anilines is 2. The number of hydrogen-bond acceptors (Lipinski definition) is 5. The fourth-order valence-corrected chi connectivity index (χ4v) is 5.87. The Bertz CT molecular complexity index is 1670. The molecule has 0 radical (unpaired) electrons. The Labute approximate surface area is 243 Å². The predicted molar refractivity (Wildman–Crippen MR) is 162 cm³/mol. The van der Waals surface area contributed by atoms with Gasteiger partial charge in [-0.2, -0.15) is 0 Å². The van der Waals surface area contributed by atoms with E-state index in [2.05, 4.69) is 26.3 Å². The van der Waals surface area contributed by atoms with Crippen molar-refractivity contribution in [1.29, 1.82) is 0 Å². The van der Waals surface area contributed by atoms with Gasteiger partial charge in [-0.15, -0.1) is 0 Å². The molecule has 0 bridgehead atoms. The SMILES string of the molecule is COc1ccc(N2C(=S)N[C@H](c3ccccn3)[C@H]2c2cc(C)n(-c3cc(C(=O)O)ccc3C)c2C)cc1NC(C)=O. The van der Waals surface area contributed by atoms with Gasteiger partial charge in [-0.1, -0.05) is 12.1 Å². The van der Waals surface area contributed by atoms with Gasteiger partial charge in [0, 0.05) is 35.9 Å². The summed E-state index contributed by atoms with van der Waals surface area (Å²) < 4.78 is 7.57. The Morgan fingerprint density at radius 2 is 1.85 bits per heavy atom. The Morgan fingerprint density at radius 1 is 1.07 bits per heavy atom. The van der Waals surface area contributed by atoms with E-state index >= 15 is 0 Å². The van der Waals surface area contributed by atoms with Crippen molar-refractivity contribution in [1.82, 2.24) is 14.9 Å². The van der Waals surface area contributed by atoms with Gasteiger partial charge < -0.3 is 29.9 Å². The van der Waals surface area contributed by atoms with Crippen molar-refractivity contribution in [3.05, 3.63) is 101 Å². The highest BCUT2D eigenvalue weighted by Gasteiger charge is 2.42. The van der Waals surface area contributed by atoms with E-state index in [4.69, 9.17) is 17.0 Å². The average Bonchev–Trinajstić information content (AvgIpc) is 3.43. The summed E-state index contributed by atoms with van der Waals surface area (Å²) in [6, 6.07) is 18.0. The minimum absolute atomic E-state index is 0.215. The highest BCUT2D eigenvalue weighted by molar-refractivity contribution is 7.80. The molecule has 0 unspecified atom stereocenters. The third-order valence-corrected chi connectivity index (χ3v) is 7.67. The maximum absolute atomic E-state index is 11.9. The first-order valence-electron chi connectivity index (χ1n) is 13.1. The van der Waals surface area contributed by atoms with E-state index in [0.29, 0.717) is 16.5 Å². The van der Waals surface area contributed by atoms with Gasteiger partial charge in [0.2, 0.25) is 5.91 Å². The second-order valence-electron chi connectivity index (χ2n) is 10.0. The number of rotatable bonds is 7. The summed E-state index contributed by atoms with van der Waals surface area (Å²) in [5.41, 5.74) is 7.01. The molecule has 1 fully saturated rings. The van der Waals surface area contributed by atoms with E-state index in [9.17, 15) is 14.7 Å². The molecule has 210 valence electrons.